The molecule has 0 atom stereocenters. The zero-order valence-corrected chi connectivity index (χ0v) is 12.0. The van der Waals surface area contributed by atoms with E-state index in [1.165, 1.54) is 12.3 Å². The van der Waals surface area contributed by atoms with Gasteiger partial charge in [-0.15, -0.1) is 0 Å². The number of benzene rings is 2. The summed E-state index contributed by atoms with van der Waals surface area (Å²) in [4.78, 5) is 27.6. The van der Waals surface area contributed by atoms with Crippen LogP contribution in [0.15, 0.2) is 47.6 Å². The summed E-state index contributed by atoms with van der Waals surface area (Å²) in [5.74, 6) is 0.466. The molecule has 3 rings (SSSR count). The van der Waals surface area contributed by atoms with E-state index in [9.17, 15) is 20.2 Å². The maximum absolute atomic E-state index is 11.0. The summed E-state index contributed by atoms with van der Waals surface area (Å²) >= 11 is 0. The van der Waals surface area contributed by atoms with E-state index in [1.54, 1.807) is 0 Å². The molecule has 3 aromatic rings. The number of hydrogen-bond donors (Lipinski definition) is 2. The molecule has 0 radical (unpaired) electrons. The monoisotopic (exact) mass is 326 g/mol. The molecule has 2 N–H and O–H groups in total. The van der Waals surface area contributed by atoms with Gasteiger partial charge in [-0.3, -0.25) is 25.7 Å². The number of H-pyrrole nitrogens is 1. The summed E-state index contributed by atoms with van der Waals surface area (Å²) < 4.78 is 0. The van der Waals surface area contributed by atoms with Crippen LogP contribution in [0.1, 0.15) is 5.82 Å². The molecule has 0 fully saturated rings. The molecule has 10 nitrogen and oxygen atoms in total. The number of nitrogens with one attached hydrogen (secondary N) is 2. The quantitative estimate of drug-likeness (QED) is 0.420. The molecule has 0 aliphatic heterocycles. The first-order chi connectivity index (χ1) is 11.5. The fourth-order valence-corrected chi connectivity index (χ4v) is 2.08. The lowest BCUT2D eigenvalue weighted by molar-refractivity contribution is -0.393. The highest BCUT2D eigenvalue weighted by atomic mass is 16.6. The molecular weight excluding hydrogens is 316 g/mol. The maximum atomic E-state index is 11.0. The van der Waals surface area contributed by atoms with E-state index >= 15 is 0 Å². The van der Waals surface area contributed by atoms with E-state index in [1.807, 2.05) is 24.3 Å². The molecule has 0 saturated heterocycles. The van der Waals surface area contributed by atoms with E-state index in [2.05, 4.69) is 20.5 Å². The van der Waals surface area contributed by atoms with Crippen LogP contribution in [-0.2, 0) is 0 Å². The van der Waals surface area contributed by atoms with Crippen LogP contribution in [-0.4, -0.2) is 26.0 Å². The van der Waals surface area contributed by atoms with Gasteiger partial charge in [-0.1, -0.05) is 12.1 Å². The van der Waals surface area contributed by atoms with Gasteiger partial charge in [0.15, 0.2) is 5.82 Å². The number of imidazole rings is 1. The Morgan fingerprint density at radius 1 is 1.12 bits per heavy atom. The Morgan fingerprint density at radius 3 is 2.62 bits per heavy atom. The third-order valence-electron chi connectivity index (χ3n) is 3.17. The van der Waals surface area contributed by atoms with Gasteiger partial charge >= 0.3 is 5.69 Å². The van der Waals surface area contributed by atoms with Crippen molar-refractivity contribution in [3.63, 3.8) is 0 Å². The number of nitro groups is 2. The molecule has 24 heavy (non-hydrogen) atoms. The van der Waals surface area contributed by atoms with Gasteiger partial charge in [0, 0.05) is 6.07 Å². The second-order valence-electron chi connectivity index (χ2n) is 4.72. The lowest BCUT2D eigenvalue weighted by Gasteiger charge is -2.01. The second kappa shape index (κ2) is 6.12. The highest BCUT2D eigenvalue weighted by Crippen LogP contribution is 2.28. The Kier molecular flexibility index (Phi) is 3.85. The summed E-state index contributed by atoms with van der Waals surface area (Å²) in [6.07, 6.45) is 1.37. The zero-order chi connectivity index (χ0) is 17.1. The number of anilines is 1. The average molecular weight is 326 g/mol. The van der Waals surface area contributed by atoms with Crippen LogP contribution in [0.2, 0.25) is 0 Å². The summed E-state index contributed by atoms with van der Waals surface area (Å²) in [6, 6.07) is 10.7. The number of para-hydroxylation sites is 2. The van der Waals surface area contributed by atoms with Gasteiger partial charge in [0.2, 0.25) is 0 Å². The van der Waals surface area contributed by atoms with Crippen molar-refractivity contribution >= 4 is 34.3 Å². The van der Waals surface area contributed by atoms with Gasteiger partial charge in [-0.05, 0) is 18.2 Å². The first-order valence-corrected chi connectivity index (χ1v) is 6.71. The molecule has 0 bridgehead atoms. The number of non-ortho nitro benzene ring substituents is 1. The Hall–Kier alpha value is -3.82. The Balaban J connectivity index is 1.82. The van der Waals surface area contributed by atoms with Crippen molar-refractivity contribution < 1.29 is 9.85 Å². The van der Waals surface area contributed by atoms with Crippen molar-refractivity contribution in [1.82, 2.24) is 9.97 Å². The third-order valence-corrected chi connectivity index (χ3v) is 3.17. The summed E-state index contributed by atoms with van der Waals surface area (Å²) in [6.45, 7) is 0. The van der Waals surface area contributed by atoms with Gasteiger partial charge in [0.25, 0.3) is 5.69 Å². The van der Waals surface area contributed by atoms with E-state index in [0.29, 0.717) is 5.82 Å². The molecule has 1 aromatic heterocycles. The minimum atomic E-state index is -0.716. The van der Waals surface area contributed by atoms with E-state index in [4.69, 9.17) is 0 Å². The fraction of sp³-hybridized carbons (Fsp3) is 0. The van der Waals surface area contributed by atoms with Crippen molar-refractivity contribution in [3.8, 4) is 0 Å². The minimum absolute atomic E-state index is 0.0398. The second-order valence-corrected chi connectivity index (χ2v) is 4.72. The molecule has 0 amide bonds. The minimum Gasteiger partial charge on any atom is -0.337 e. The summed E-state index contributed by atoms with van der Waals surface area (Å²) in [5.41, 5.74) is 3.33. The number of nitro benzene ring substituents is 2. The van der Waals surface area contributed by atoms with Crippen LogP contribution in [0, 0.1) is 20.2 Å². The summed E-state index contributed by atoms with van der Waals surface area (Å²) in [7, 11) is 0. The smallest absolute Gasteiger partial charge is 0.301 e. The lowest BCUT2D eigenvalue weighted by Crippen LogP contribution is -1.99. The number of hydrazone groups is 1. The molecule has 0 aliphatic rings. The van der Waals surface area contributed by atoms with Crippen LogP contribution in [0.5, 0.6) is 0 Å². The number of aromatic nitrogens is 2. The highest BCUT2D eigenvalue weighted by Gasteiger charge is 2.19. The molecule has 0 saturated carbocycles. The first-order valence-electron chi connectivity index (χ1n) is 6.71. The maximum Gasteiger partial charge on any atom is 0.301 e. The fourth-order valence-electron chi connectivity index (χ4n) is 2.08. The Labute approximate surface area is 134 Å². The van der Waals surface area contributed by atoms with Crippen LogP contribution < -0.4 is 5.43 Å². The largest absolute Gasteiger partial charge is 0.337 e. The number of rotatable bonds is 5. The van der Waals surface area contributed by atoms with Crippen molar-refractivity contribution in [2.24, 2.45) is 5.10 Å². The number of hydrogen-bond acceptors (Lipinski definition) is 7. The molecular formula is C14H10N6O4. The standard InChI is InChI=1S/C14H10N6O4/c21-19(22)9-5-6-12(13(7-9)20(23)24)18-15-8-14-16-10-3-1-2-4-11(10)17-14/h1-8,18H,(H,16,17)/b15-8+. The Bertz CT molecular complexity index is 932. The number of fused-ring (bicyclic) bond motifs is 1. The van der Waals surface area contributed by atoms with Gasteiger partial charge in [0.1, 0.15) is 5.69 Å². The number of aromatic amines is 1. The predicted molar refractivity (Wildman–Crippen MR) is 87.1 cm³/mol. The number of nitrogens with zero attached hydrogens (tertiary/aromatic N) is 4. The van der Waals surface area contributed by atoms with Crippen molar-refractivity contribution in [1.29, 1.82) is 0 Å². The van der Waals surface area contributed by atoms with Crippen LogP contribution in [0.3, 0.4) is 0 Å². The molecule has 10 heteroatoms. The van der Waals surface area contributed by atoms with E-state index < -0.39 is 15.5 Å². The molecule has 0 spiro atoms. The lowest BCUT2D eigenvalue weighted by atomic mass is 10.2. The first kappa shape index (κ1) is 15.1. The van der Waals surface area contributed by atoms with Gasteiger partial charge in [-0.25, -0.2) is 4.98 Å². The van der Waals surface area contributed by atoms with Gasteiger partial charge in [0.05, 0.1) is 33.2 Å². The summed E-state index contributed by atoms with van der Waals surface area (Å²) in [5, 5.41) is 25.6. The van der Waals surface area contributed by atoms with Gasteiger partial charge in [-0.2, -0.15) is 5.10 Å². The third kappa shape index (κ3) is 3.02. The molecule has 0 aliphatic carbocycles. The predicted octanol–water partition coefficient (Wildman–Crippen LogP) is 2.83. The van der Waals surface area contributed by atoms with Crippen molar-refractivity contribution in [2.45, 2.75) is 0 Å². The van der Waals surface area contributed by atoms with Crippen LogP contribution >= 0.6 is 0 Å². The van der Waals surface area contributed by atoms with Crippen LogP contribution in [0.4, 0.5) is 17.1 Å². The molecule has 1 heterocycles. The van der Waals surface area contributed by atoms with Gasteiger partial charge < -0.3 is 4.98 Å². The Morgan fingerprint density at radius 2 is 1.92 bits per heavy atom. The van der Waals surface area contributed by atoms with E-state index in [0.717, 1.165) is 23.2 Å². The van der Waals surface area contributed by atoms with E-state index in [-0.39, 0.29) is 11.4 Å². The average Bonchev–Trinajstić information content (AvgIpc) is 2.97. The van der Waals surface area contributed by atoms with Crippen molar-refractivity contribution in [3.05, 3.63) is 68.5 Å². The topological polar surface area (TPSA) is 139 Å². The SMILES string of the molecule is O=[N+]([O-])c1ccc(N/N=C/c2nc3ccccc3[nH]2)c([N+](=O)[O-])c1. The van der Waals surface area contributed by atoms with Crippen LogP contribution in [0.25, 0.3) is 11.0 Å². The molecule has 2 aromatic carbocycles. The highest BCUT2D eigenvalue weighted by molar-refractivity contribution is 5.84. The zero-order valence-electron chi connectivity index (χ0n) is 12.0. The normalized spacial score (nSPS) is 11.0. The molecule has 0 unspecified atom stereocenters. The van der Waals surface area contributed by atoms with Crippen molar-refractivity contribution in [2.75, 3.05) is 5.43 Å². The molecule has 120 valence electrons.